The van der Waals surface area contributed by atoms with Crippen molar-refractivity contribution in [1.82, 2.24) is 0 Å². The van der Waals surface area contributed by atoms with Crippen molar-refractivity contribution in [2.24, 2.45) is 11.8 Å². The fourth-order valence-electron chi connectivity index (χ4n) is 4.59. The van der Waals surface area contributed by atoms with Crippen molar-refractivity contribution >= 4 is 0 Å². The second-order valence-corrected chi connectivity index (χ2v) is 8.71. The van der Waals surface area contributed by atoms with Crippen LogP contribution >= 0.6 is 0 Å². The molecule has 0 aliphatic heterocycles. The van der Waals surface area contributed by atoms with E-state index < -0.39 is 0 Å². The lowest BCUT2D eigenvalue weighted by Gasteiger charge is -2.28. The third kappa shape index (κ3) is 12.4. The van der Waals surface area contributed by atoms with Gasteiger partial charge in [-0.2, -0.15) is 0 Å². The SMILES string of the molecule is CCCCCCCCCC1CCC(CCCCCCCCC)CC1. The van der Waals surface area contributed by atoms with E-state index >= 15 is 0 Å². The molecule has 1 aliphatic carbocycles. The summed E-state index contributed by atoms with van der Waals surface area (Å²) in [5.74, 6) is 2.18. The van der Waals surface area contributed by atoms with E-state index in [1.165, 1.54) is 103 Å². The highest BCUT2D eigenvalue weighted by atomic mass is 14.3. The molecule has 0 nitrogen and oxygen atoms in total. The van der Waals surface area contributed by atoms with Crippen LogP contribution in [0.3, 0.4) is 0 Å². The molecular formula is C24H48. The number of unbranched alkanes of at least 4 members (excludes halogenated alkanes) is 12. The van der Waals surface area contributed by atoms with Gasteiger partial charge in [0.05, 0.1) is 0 Å². The molecule has 24 heavy (non-hydrogen) atoms. The van der Waals surface area contributed by atoms with Gasteiger partial charge in [-0.05, 0) is 11.8 Å². The Morgan fingerprint density at radius 2 is 0.708 bits per heavy atom. The summed E-state index contributed by atoms with van der Waals surface area (Å²) in [5.41, 5.74) is 0. The van der Waals surface area contributed by atoms with Crippen LogP contribution in [0.25, 0.3) is 0 Å². The van der Waals surface area contributed by atoms with Crippen molar-refractivity contribution < 1.29 is 0 Å². The maximum absolute atomic E-state index is 2.31. The molecule has 0 bridgehead atoms. The highest BCUT2D eigenvalue weighted by Crippen LogP contribution is 2.34. The van der Waals surface area contributed by atoms with Gasteiger partial charge in [0, 0.05) is 0 Å². The second kappa shape index (κ2) is 16.5. The molecule has 0 unspecified atom stereocenters. The minimum absolute atomic E-state index is 1.09. The minimum atomic E-state index is 1.09. The third-order valence-corrected chi connectivity index (χ3v) is 6.40. The molecule has 0 N–H and O–H groups in total. The van der Waals surface area contributed by atoms with Gasteiger partial charge in [-0.15, -0.1) is 0 Å². The zero-order chi connectivity index (χ0) is 17.3. The van der Waals surface area contributed by atoms with Gasteiger partial charge in [-0.3, -0.25) is 0 Å². The van der Waals surface area contributed by atoms with E-state index in [1.54, 1.807) is 25.7 Å². The van der Waals surface area contributed by atoms with Crippen LogP contribution in [0.5, 0.6) is 0 Å². The number of hydrogen-bond acceptors (Lipinski definition) is 0. The van der Waals surface area contributed by atoms with Gasteiger partial charge >= 0.3 is 0 Å². The van der Waals surface area contributed by atoms with Gasteiger partial charge in [-0.25, -0.2) is 0 Å². The van der Waals surface area contributed by atoms with Crippen LogP contribution < -0.4 is 0 Å². The highest BCUT2D eigenvalue weighted by molar-refractivity contribution is 4.73. The zero-order valence-electron chi connectivity index (χ0n) is 17.3. The lowest BCUT2D eigenvalue weighted by Crippen LogP contribution is -2.14. The van der Waals surface area contributed by atoms with Crippen molar-refractivity contribution in [1.29, 1.82) is 0 Å². The Hall–Kier alpha value is 0. The Kier molecular flexibility index (Phi) is 15.1. The Morgan fingerprint density at radius 1 is 0.417 bits per heavy atom. The Bertz CT molecular complexity index is 210. The summed E-state index contributed by atoms with van der Waals surface area (Å²) in [5, 5.41) is 0. The quantitative estimate of drug-likeness (QED) is 0.246. The van der Waals surface area contributed by atoms with Crippen LogP contribution in [0.1, 0.15) is 142 Å². The van der Waals surface area contributed by atoms with Crippen LogP contribution in [-0.2, 0) is 0 Å². The summed E-state index contributed by atoms with van der Waals surface area (Å²) in [6.45, 7) is 4.62. The van der Waals surface area contributed by atoms with Crippen molar-refractivity contribution in [2.75, 3.05) is 0 Å². The number of hydrogen-bond donors (Lipinski definition) is 0. The van der Waals surface area contributed by atoms with Gasteiger partial charge in [0.2, 0.25) is 0 Å². The summed E-state index contributed by atoms with van der Waals surface area (Å²) in [6.07, 6.45) is 29.9. The molecule has 1 rings (SSSR count). The monoisotopic (exact) mass is 336 g/mol. The van der Waals surface area contributed by atoms with E-state index in [-0.39, 0.29) is 0 Å². The largest absolute Gasteiger partial charge is 0.0654 e. The van der Waals surface area contributed by atoms with E-state index in [0.717, 1.165) is 11.8 Å². The standard InChI is InChI=1S/C24H48/c1-3-5-7-9-11-13-15-17-23-19-21-24(22-20-23)18-16-14-12-10-8-6-4-2/h23-24H,3-22H2,1-2H3. The van der Waals surface area contributed by atoms with E-state index in [4.69, 9.17) is 0 Å². The Morgan fingerprint density at radius 3 is 1.04 bits per heavy atom. The van der Waals surface area contributed by atoms with Gasteiger partial charge in [-0.1, -0.05) is 142 Å². The van der Waals surface area contributed by atoms with Crippen molar-refractivity contribution in [3.63, 3.8) is 0 Å². The Labute approximate surface area is 154 Å². The topological polar surface area (TPSA) is 0 Å². The first kappa shape index (κ1) is 22.0. The maximum atomic E-state index is 2.31. The number of rotatable bonds is 16. The fraction of sp³-hybridized carbons (Fsp3) is 1.00. The zero-order valence-corrected chi connectivity index (χ0v) is 17.3. The van der Waals surface area contributed by atoms with Crippen LogP contribution in [0.15, 0.2) is 0 Å². The predicted molar refractivity (Wildman–Crippen MR) is 111 cm³/mol. The molecule has 1 aliphatic rings. The molecule has 144 valence electrons. The average molecular weight is 337 g/mol. The fourth-order valence-corrected chi connectivity index (χ4v) is 4.59. The smallest absolute Gasteiger partial charge is 0.0414 e. The van der Waals surface area contributed by atoms with E-state index in [2.05, 4.69) is 13.8 Å². The summed E-state index contributed by atoms with van der Waals surface area (Å²) >= 11 is 0. The molecule has 0 aromatic rings. The van der Waals surface area contributed by atoms with Gasteiger partial charge in [0.1, 0.15) is 0 Å². The summed E-state index contributed by atoms with van der Waals surface area (Å²) < 4.78 is 0. The van der Waals surface area contributed by atoms with Crippen LogP contribution in [0, 0.1) is 11.8 Å². The Balaban J connectivity index is 1.85. The molecule has 0 spiro atoms. The van der Waals surface area contributed by atoms with Gasteiger partial charge < -0.3 is 0 Å². The van der Waals surface area contributed by atoms with Crippen LogP contribution in [-0.4, -0.2) is 0 Å². The maximum Gasteiger partial charge on any atom is -0.0414 e. The molecule has 0 aromatic heterocycles. The van der Waals surface area contributed by atoms with Crippen LogP contribution in [0.4, 0.5) is 0 Å². The lowest BCUT2D eigenvalue weighted by atomic mass is 9.78. The first-order valence-corrected chi connectivity index (χ1v) is 11.9. The first-order valence-electron chi connectivity index (χ1n) is 11.9. The van der Waals surface area contributed by atoms with Gasteiger partial charge in [0.15, 0.2) is 0 Å². The van der Waals surface area contributed by atoms with Crippen molar-refractivity contribution in [2.45, 2.75) is 142 Å². The second-order valence-electron chi connectivity index (χ2n) is 8.71. The van der Waals surface area contributed by atoms with Crippen molar-refractivity contribution in [3.8, 4) is 0 Å². The summed E-state index contributed by atoms with van der Waals surface area (Å²) in [4.78, 5) is 0. The molecular weight excluding hydrogens is 288 g/mol. The predicted octanol–water partition coefficient (Wildman–Crippen LogP) is 9.07. The third-order valence-electron chi connectivity index (χ3n) is 6.40. The first-order chi connectivity index (χ1) is 11.9. The van der Waals surface area contributed by atoms with Crippen LogP contribution in [0.2, 0.25) is 0 Å². The molecule has 0 heterocycles. The molecule has 0 aromatic carbocycles. The molecule has 0 heteroatoms. The molecule has 0 atom stereocenters. The normalized spacial score (nSPS) is 21.2. The van der Waals surface area contributed by atoms with E-state index in [0.29, 0.717) is 0 Å². The minimum Gasteiger partial charge on any atom is -0.0654 e. The van der Waals surface area contributed by atoms with E-state index in [9.17, 15) is 0 Å². The van der Waals surface area contributed by atoms with E-state index in [1.807, 2.05) is 0 Å². The molecule has 1 saturated carbocycles. The summed E-state index contributed by atoms with van der Waals surface area (Å²) in [6, 6.07) is 0. The molecule has 0 amide bonds. The average Bonchev–Trinajstić information content (AvgIpc) is 2.61. The summed E-state index contributed by atoms with van der Waals surface area (Å²) in [7, 11) is 0. The van der Waals surface area contributed by atoms with Gasteiger partial charge in [0.25, 0.3) is 0 Å². The molecule has 0 saturated heterocycles. The molecule has 0 radical (unpaired) electrons. The van der Waals surface area contributed by atoms with Crippen molar-refractivity contribution in [3.05, 3.63) is 0 Å². The lowest BCUT2D eigenvalue weighted by molar-refractivity contribution is 0.244. The highest BCUT2D eigenvalue weighted by Gasteiger charge is 2.20. The molecule has 1 fully saturated rings.